The fourth-order valence-electron chi connectivity index (χ4n) is 3.09. The molecule has 0 aliphatic heterocycles. The summed E-state index contributed by atoms with van der Waals surface area (Å²) in [6.45, 7) is 1.05. The van der Waals surface area contributed by atoms with E-state index in [1.807, 2.05) is 0 Å². The maximum Gasteiger partial charge on any atom is 0.341 e. The van der Waals surface area contributed by atoms with Crippen LogP contribution in [0.3, 0.4) is 0 Å². The number of nitrogens with one attached hydrogen (secondary N) is 1. The smallest absolute Gasteiger partial charge is 0.341 e. The molecule has 27 heavy (non-hydrogen) atoms. The largest absolute Gasteiger partial charge is 0.497 e. The van der Waals surface area contributed by atoms with Gasteiger partial charge in [0.1, 0.15) is 10.8 Å². The van der Waals surface area contributed by atoms with Crippen molar-refractivity contribution in [3.05, 3.63) is 45.8 Å². The lowest BCUT2D eigenvalue weighted by atomic mass is 9.95. The number of hydrogen-bond donors (Lipinski definition) is 1. The molecule has 0 saturated carbocycles. The summed E-state index contributed by atoms with van der Waals surface area (Å²) in [6, 6.07) is 6.62. The van der Waals surface area contributed by atoms with Crippen molar-refractivity contribution in [2.24, 2.45) is 0 Å². The van der Waals surface area contributed by atoms with Gasteiger partial charge < -0.3 is 14.8 Å². The minimum atomic E-state index is -0.569. The van der Waals surface area contributed by atoms with Crippen molar-refractivity contribution in [3.63, 3.8) is 0 Å². The zero-order valence-electron chi connectivity index (χ0n) is 15.3. The van der Waals surface area contributed by atoms with Gasteiger partial charge in [-0.05, 0) is 55.5 Å². The predicted molar refractivity (Wildman–Crippen MR) is 103 cm³/mol. The zero-order chi connectivity index (χ0) is 19.4. The quantitative estimate of drug-likeness (QED) is 0.605. The van der Waals surface area contributed by atoms with Crippen molar-refractivity contribution >= 4 is 34.0 Å². The molecule has 0 atom stereocenters. The number of thiophene rings is 1. The Labute approximate surface area is 161 Å². The van der Waals surface area contributed by atoms with Crippen molar-refractivity contribution in [2.45, 2.75) is 32.6 Å². The highest BCUT2D eigenvalue weighted by molar-refractivity contribution is 7.17. The number of anilines is 1. The number of carbonyl (C=O) groups excluding carboxylic acids is 3. The third-order valence-corrected chi connectivity index (χ3v) is 5.62. The Morgan fingerprint density at radius 1 is 1.11 bits per heavy atom. The van der Waals surface area contributed by atoms with Crippen molar-refractivity contribution < 1.29 is 23.9 Å². The van der Waals surface area contributed by atoms with Gasteiger partial charge in [0.15, 0.2) is 12.4 Å². The average molecular weight is 387 g/mol. The number of hydrogen-bond acceptors (Lipinski definition) is 6. The van der Waals surface area contributed by atoms with Crippen LogP contribution < -0.4 is 10.1 Å². The Morgan fingerprint density at radius 2 is 1.81 bits per heavy atom. The lowest BCUT2D eigenvalue weighted by Gasteiger charge is -2.12. The average Bonchev–Trinajstić information content (AvgIpc) is 3.03. The molecule has 3 rings (SSSR count). The third kappa shape index (κ3) is 4.36. The van der Waals surface area contributed by atoms with Crippen LogP contribution in [0, 0.1) is 0 Å². The van der Waals surface area contributed by atoms with E-state index in [1.54, 1.807) is 31.4 Å². The SMILES string of the molecule is COc1ccc(C(=O)COC(=O)c2c(NC(C)=O)sc3c2CCCC3)cc1. The van der Waals surface area contributed by atoms with E-state index in [9.17, 15) is 14.4 Å². The summed E-state index contributed by atoms with van der Waals surface area (Å²) in [7, 11) is 1.55. The molecule has 0 radical (unpaired) electrons. The molecule has 1 aromatic heterocycles. The lowest BCUT2D eigenvalue weighted by Crippen LogP contribution is -2.17. The number of ether oxygens (including phenoxy) is 2. The van der Waals surface area contributed by atoms with Crippen molar-refractivity contribution in [3.8, 4) is 5.75 Å². The topological polar surface area (TPSA) is 81.7 Å². The standard InChI is InChI=1S/C20H21NO5S/c1-12(22)21-19-18(15-5-3-4-6-17(15)27-19)20(24)26-11-16(23)13-7-9-14(25-2)10-8-13/h7-10H,3-6,11H2,1-2H3,(H,21,22). The van der Waals surface area contributed by atoms with Crippen LogP contribution in [0.4, 0.5) is 5.00 Å². The molecule has 7 heteroatoms. The summed E-state index contributed by atoms with van der Waals surface area (Å²) in [5.74, 6) is -0.457. The van der Waals surface area contributed by atoms with E-state index in [0.717, 1.165) is 36.1 Å². The van der Waals surface area contributed by atoms with Crippen LogP contribution in [0.25, 0.3) is 0 Å². The third-order valence-electron chi connectivity index (χ3n) is 4.41. The Bertz CT molecular complexity index is 869. The van der Waals surface area contributed by atoms with Gasteiger partial charge >= 0.3 is 5.97 Å². The van der Waals surface area contributed by atoms with Crippen LogP contribution in [0.1, 0.15) is 50.9 Å². The number of ketones is 1. The van der Waals surface area contributed by atoms with Crippen LogP contribution in [-0.2, 0) is 22.4 Å². The minimum Gasteiger partial charge on any atom is -0.497 e. The van der Waals surface area contributed by atoms with Crippen LogP contribution in [0.5, 0.6) is 5.75 Å². The van der Waals surface area contributed by atoms with Crippen LogP contribution in [0.2, 0.25) is 0 Å². The molecule has 0 bridgehead atoms. The van der Waals surface area contributed by atoms with Crippen molar-refractivity contribution in [1.29, 1.82) is 0 Å². The number of rotatable bonds is 6. The normalized spacial score (nSPS) is 12.8. The summed E-state index contributed by atoms with van der Waals surface area (Å²) in [5, 5.41) is 3.23. The molecule has 0 spiro atoms. The highest BCUT2D eigenvalue weighted by atomic mass is 32.1. The molecule has 1 aliphatic carbocycles. The van der Waals surface area contributed by atoms with Gasteiger partial charge in [0.25, 0.3) is 0 Å². The van der Waals surface area contributed by atoms with Gasteiger partial charge in [-0.25, -0.2) is 4.79 Å². The van der Waals surface area contributed by atoms with E-state index >= 15 is 0 Å². The van der Waals surface area contributed by atoms with Crippen molar-refractivity contribution in [2.75, 3.05) is 19.0 Å². The fraction of sp³-hybridized carbons (Fsp3) is 0.350. The highest BCUT2D eigenvalue weighted by Crippen LogP contribution is 2.38. The summed E-state index contributed by atoms with van der Waals surface area (Å²) < 4.78 is 10.3. The van der Waals surface area contributed by atoms with Gasteiger partial charge in [-0.1, -0.05) is 0 Å². The van der Waals surface area contributed by atoms with E-state index in [2.05, 4.69) is 5.32 Å². The second-order valence-electron chi connectivity index (χ2n) is 6.32. The van der Waals surface area contributed by atoms with Gasteiger partial charge in [0.2, 0.25) is 5.91 Å². The fourth-order valence-corrected chi connectivity index (χ4v) is 4.42. The van der Waals surface area contributed by atoms with Gasteiger partial charge in [-0.15, -0.1) is 11.3 Å². The summed E-state index contributed by atoms with van der Waals surface area (Å²) in [5.41, 5.74) is 1.78. The Kier molecular flexibility index (Phi) is 5.91. The van der Waals surface area contributed by atoms with Crippen LogP contribution in [-0.4, -0.2) is 31.4 Å². The predicted octanol–water partition coefficient (Wildman–Crippen LogP) is 3.63. The van der Waals surface area contributed by atoms with E-state index in [1.165, 1.54) is 18.3 Å². The highest BCUT2D eigenvalue weighted by Gasteiger charge is 2.27. The van der Waals surface area contributed by atoms with E-state index in [0.29, 0.717) is 21.9 Å². The summed E-state index contributed by atoms with van der Waals surface area (Å²) >= 11 is 1.42. The van der Waals surface area contributed by atoms with E-state index in [-0.39, 0.29) is 18.3 Å². The molecule has 142 valence electrons. The number of fused-ring (bicyclic) bond motifs is 1. The first kappa shape index (κ1) is 19.1. The molecular formula is C20H21NO5S. The molecular weight excluding hydrogens is 366 g/mol. The van der Waals surface area contributed by atoms with Gasteiger partial charge in [0.05, 0.1) is 12.7 Å². The second-order valence-corrected chi connectivity index (χ2v) is 7.43. The maximum absolute atomic E-state index is 12.7. The number of aryl methyl sites for hydroxylation is 1. The Morgan fingerprint density at radius 3 is 2.48 bits per heavy atom. The second kappa shape index (κ2) is 8.35. The number of carbonyl (C=O) groups is 3. The van der Waals surface area contributed by atoms with Gasteiger partial charge in [-0.2, -0.15) is 0 Å². The van der Waals surface area contributed by atoms with Gasteiger partial charge in [-0.3, -0.25) is 9.59 Å². The number of Topliss-reactive ketones (excluding diaryl/α,β-unsaturated/α-hetero) is 1. The molecule has 0 saturated heterocycles. The molecule has 1 aliphatic rings. The minimum absolute atomic E-state index is 0.239. The van der Waals surface area contributed by atoms with Gasteiger partial charge in [0, 0.05) is 17.4 Å². The molecule has 2 aromatic rings. The van der Waals surface area contributed by atoms with Crippen LogP contribution >= 0.6 is 11.3 Å². The maximum atomic E-state index is 12.7. The number of esters is 1. The molecule has 6 nitrogen and oxygen atoms in total. The monoisotopic (exact) mass is 387 g/mol. The summed E-state index contributed by atoms with van der Waals surface area (Å²) in [4.78, 5) is 37.6. The summed E-state index contributed by atoms with van der Waals surface area (Å²) in [6.07, 6.45) is 3.73. The Balaban J connectivity index is 1.74. The number of amides is 1. The van der Waals surface area contributed by atoms with Crippen molar-refractivity contribution in [1.82, 2.24) is 0 Å². The molecule has 1 N–H and O–H groups in total. The van der Waals surface area contributed by atoms with E-state index < -0.39 is 5.97 Å². The first-order valence-corrected chi connectivity index (χ1v) is 9.57. The molecule has 1 amide bonds. The Hall–Kier alpha value is -2.67. The molecule has 0 unspecified atom stereocenters. The van der Waals surface area contributed by atoms with E-state index in [4.69, 9.17) is 9.47 Å². The molecule has 0 fully saturated rings. The van der Waals surface area contributed by atoms with Crippen LogP contribution in [0.15, 0.2) is 24.3 Å². The first-order chi connectivity index (χ1) is 13.0. The number of benzene rings is 1. The lowest BCUT2D eigenvalue weighted by molar-refractivity contribution is -0.114. The molecule has 1 aromatic carbocycles. The first-order valence-electron chi connectivity index (χ1n) is 8.76. The zero-order valence-corrected chi connectivity index (χ0v) is 16.1. The molecule has 1 heterocycles. The number of methoxy groups -OCH3 is 1.